The number of carbonyl (C=O) groups is 1. The van der Waals surface area contributed by atoms with Gasteiger partial charge in [0.2, 0.25) is 0 Å². The van der Waals surface area contributed by atoms with Crippen molar-refractivity contribution in [2.24, 2.45) is 0 Å². The fourth-order valence-corrected chi connectivity index (χ4v) is 2.81. The fraction of sp³-hybridized carbons (Fsp3) is 0.158. The Hall–Kier alpha value is -2.40. The maximum atomic E-state index is 12.3. The van der Waals surface area contributed by atoms with Crippen LogP contribution in [0.15, 0.2) is 53.1 Å². The number of nitrogens with one attached hydrogen (secondary N) is 1. The standard InChI is InChI=1S/C19H17BrN2O2/c1-3-24-19(23)16-11-21-17-12(2)5-4-6-15(17)18(16)22-14-9-7-13(20)8-10-14/h4-11H,3H2,1-2H3,(H,21,22). The third kappa shape index (κ3) is 3.26. The zero-order valence-corrected chi connectivity index (χ0v) is 15.1. The highest BCUT2D eigenvalue weighted by Gasteiger charge is 2.17. The van der Waals surface area contributed by atoms with Crippen LogP contribution in [0.4, 0.5) is 11.4 Å². The summed E-state index contributed by atoms with van der Waals surface area (Å²) in [4.78, 5) is 16.8. The average Bonchev–Trinajstić information content (AvgIpc) is 2.58. The number of para-hydroxylation sites is 1. The number of hydrogen-bond donors (Lipinski definition) is 1. The van der Waals surface area contributed by atoms with Crippen LogP contribution in [0.1, 0.15) is 22.8 Å². The number of pyridine rings is 1. The molecule has 0 aliphatic carbocycles. The molecule has 0 aliphatic rings. The molecule has 1 N–H and O–H groups in total. The molecule has 1 heterocycles. The predicted octanol–water partition coefficient (Wildman–Crippen LogP) is 5.23. The number of anilines is 2. The normalized spacial score (nSPS) is 10.6. The van der Waals surface area contributed by atoms with Crippen molar-refractivity contribution in [2.75, 3.05) is 11.9 Å². The molecule has 0 saturated carbocycles. The van der Waals surface area contributed by atoms with Gasteiger partial charge in [0.05, 0.1) is 17.8 Å². The van der Waals surface area contributed by atoms with Crippen molar-refractivity contribution >= 4 is 44.2 Å². The molecule has 0 bridgehead atoms. The number of hydrogen-bond acceptors (Lipinski definition) is 4. The molecular weight excluding hydrogens is 368 g/mol. The monoisotopic (exact) mass is 384 g/mol. The van der Waals surface area contributed by atoms with E-state index in [0.29, 0.717) is 17.9 Å². The van der Waals surface area contributed by atoms with Crippen LogP contribution in [0.5, 0.6) is 0 Å². The molecule has 24 heavy (non-hydrogen) atoms. The van der Waals surface area contributed by atoms with E-state index in [4.69, 9.17) is 4.74 Å². The van der Waals surface area contributed by atoms with Crippen molar-refractivity contribution in [2.45, 2.75) is 13.8 Å². The first-order valence-electron chi connectivity index (χ1n) is 7.68. The number of halogens is 1. The van der Waals surface area contributed by atoms with Gasteiger partial charge in [-0.1, -0.05) is 34.1 Å². The SMILES string of the molecule is CCOC(=O)c1cnc2c(C)cccc2c1Nc1ccc(Br)cc1. The van der Waals surface area contributed by atoms with Crippen LogP contribution in [0, 0.1) is 6.92 Å². The van der Waals surface area contributed by atoms with E-state index in [-0.39, 0.29) is 5.97 Å². The summed E-state index contributed by atoms with van der Waals surface area (Å²) in [5.41, 5.74) is 3.95. The molecule has 2 aromatic carbocycles. The minimum absolute atomic E-state index is 0.322. The van der Waals surface area contributed by atoms with Gasteiger partial charge in [-0.25, -0.2) is 4.79 Å². The second-order valence-corrected chi connectivity index (χ2v) is 6.29. The molecule has 122 valence electrons. The van der Waals surface area contributed by atoms with Crippen molar-refractivity contribution in [1.82, 2.24) is 4.98 Å². The molecule has 0 amide bonds. The number of aromatic nitrogens is 1. The smallest absolute Gasteiger partial charge is 0.341 e. The highest BCUT2D eigenvalue weighted by atomic mass is 79.9. The minimum atomic E-state index is -0.381. The lowest BCUT2D eigenvalue weighted by Crippen LogP contribution is -2.09. The number of carbonyl (C=O) groups excluding carboxylic acids is 1. The third-order valence-corrected chi connectivity index (χ3v) is 4.24. The van der Waals surface area contributed by atoms with Gasteiger partial charge in [0.1, 0.15) is 5.56 Å². The Morgan fingerprint density at radius 2 is 1.96 bits per heavy atom. The van der Waals surface area contributed by atoms with Gasteiger partial charge in [0, 0.05) is 21.7 Å². The third-order valence-electron chi connectivity index (χ3n) is 3.71. The van der Waals surface area contributed by atoms with Gasteiger partial charge >= 0.3 is 5.97 Å². The summed E-state index contributed by atoms with van der Waals surface area (Å²) in [6.45, 7) is 4.11. The quantitative estimate of drug-likeness (QED) is 0.625. The maximum absolute atomic E-state index is 12.3. The van der Waals surface area contributed by atoms with E-state index in [9.17, 15) is 4.79 Å². The zero-order valence-electron chi connectivity index (χ0n) is 13.5. The van der Waals surface area contributed by atoms with E-state index < -0.39 is 0 Å². The summed E-state index contributed by atoms with van der Waals surface area (Å²) < 4.78 is 6.17. The second-order valence-electron chi connectivity index (χ2n) is 5.37. The second kappa shape index (κ2) is 7.01. The molecule has 3 rings (SSSR count). The van der Waals surface area contributed by atoms with Gasteiger partial charge in [0.25, 0.3) is 0 Å². The van der Waals surface area contributed by atoms with Crippen LogP contribution in [0.3, 0.4) is 0 Å². The topological polar surface area (TPSA) is 51.2 Å². The Morgan fingerprint density at radius 1 is 1.21 bits per heavy atom. The molecule has 5 heteroatoms. The van der Waals surface area contributed by atoms with Gasteiger partial charge in [-0.15, -0.1) is 0 Å². The number of rotatable bonds is 4. The number of ether oxygens (including phenoxy) is 1. The molecule has 1 aromatic heterocycles. The van der Waals surface area contributed by atoms with Crippen LogP contribution >= 0.6 is 15.9 Å². The lowest BCUT2D eigenvalue weighted by molar-refractivity contribution is 0.0527. The molecule has 0 fully saturated rings. The van der Waals surface area contributed by atoms with Crippen LogP contribution < -0.4 is 5.32 Å². The molecule has 3 aromatic rings. The molecule has 0 unspecified atom stereocenters. The molecule has 0 saturated heterocycles. The summed E-state index contributed by atoms with van der Waals surface area (Å²) in [7, 11) is 0. The average molecular weight is 385 g/mol. The predicted molar refractivity (Wildman–Crippen MR) is 99.9 cm³/mol. The molecule has 0 radical (unpaired) electrons. The van der Waals surface area contributed by atoms with Gasteiger partial charge in [0.15, 0.2) is 0 Å². The molecule has 0 spiro atoms. The summed E-state index contributed by atoms with van der Waals surface area (Å²) in [5.74, 6) is -0.381. The van der Waals surface area contributed by atoms with E-state index in [0.717, 1.165) is 26.6 Å². The Kier molecular flexibility index (Phi) is 4.81. The van der Waals surface area contributed by atoms with Crippen molar-refractivity contribution in [1.29, 1.82) is 0 Å². The summed E-state index contributed by atoms with van der Waals surface area (Å²) in [6, 6.07) is 13.7. The van der Waals surface area contributed by atoms with Gasteiger partial charge < -0.3 is 10.1 Å². The van der Waals surface area contributed by atoms with E-state index in [1.807, 2.05) is 49.4 Å². The van der Waals surface area contributed by atoms with Crippen LogP contribution in [0.25, 0.3) is 10.9 Å². The van der Waals surface area contributed by atoms with E-state index in [1.54, 1.807) is 13.1 Å². The first kappa shape index (κ1) is 16.5. The maximum Gasteiger partial charge on any atom is 0.341 e. The first-order chi connectivity index (χ1) is 11.6. The Balaban J connectivity index is 2.16. The van der Waals surface area contributed by atoms with Crippen molar-refractivity contribution < 1.29 is 9.53 Å². The van der Waals surface area contributed by atoms with Gasteiger partial charge in [-0.05, 0) is 43.7 Å². The Bertz CT molecular complexity index is 892. The first-order valence-corrected chi connectivity index (χ1v) is 8.47. The Labute approximate surface area is 149 Å². The summed E-state index contributed by atoms with van der Waals surface area (Å²) in [6.07, 6.45) is 1.58. The van der Waals surface area contributed by atoms with Gasteiger partial charge in [-0.2, -0.15) is 0 Å². The molecule has 4 nitrogen and oxygen atoms in total. The zero-order chi connectivity index (χ0) is 17.1. The van der Waals surface area contributed by atoms with Gasteiger partial charge in [-0.3, -0.25) is 4.98 Å². The minimum Gasteiger partial charge on any atom is -0.462 e. The highest BCUT2D eigenvalue weighted by Crippen LogP contribution is 2.31. The fourth-order valence-electron chi connectivity index (χ4n) is 2.55. The largest absolute Gasteiger partial charge is 0.462 e. The number of fused-ring (bicyclic) bond motifs is 1. The Morgan fingerprint density at radius 3 is 2.67 bits per heavy atom. The molecule has 0 aliphatic heterocycles. The van der Waals surface area contributed by atoms with Crippen LogP contribution in [0.2, 0.25) is 0 Å². The number of nitrogens with zero attached hydrogens (tertiary/aromatic N) is 1. The van der Waals surface area contributed by atoms with Crippen LogP contribution in [-0.2, 0) is 4.74 Å². The summed E-state index contributed by atoms with van der Waals surface area (Å²) >= 11 is 3.43. The highest BCUT2D eigenvalue weighted by molar-refractivity contribution is 9.10. The molecule has 0 atom stereocenters. The van der Waals surface area contributed by atoms with Crippen molar-refractivity contribution in [3.63, 3.8) is 0 Å². The lowest BCUT2D eigenvalue weighted by atomic mass is 10.1. The lowest BCUT2D eigenvalue weighted by Gasteiger charge is -2.15. The molecular formula is C19H17BrN2O2. The van der Waals surface area contributed by atoms with Crippen LogP contribution in [-0.4, -0.2) is 17.6 Å². The summed E-state index contributed by atoms with van der Waals surface area (Å²) in [5, 5.41) is 4.24. The van der Waals surface area contributed by atoms with E-state index in [1.165, 1.54) is 0 Å². The van der Waals surface area contributed by atoms with Crippen molar-refractivity contribution in [3.8, 4) is 0 Å². The van der Waals surface area contributed by atoms with E-state index >= 15 is 0 Å². The number of esters is 1. The van der Waals surface area contributed by atoms with E-state index in [2.05, 4.69) is 26.2 Å². The number of benzene rings is 2. The van der Waals surface area contributed by atoms with Crippen molar-refractivity contribution in [3.05, 3.63) is 64.3 Å². The number of aryl methyl sites for hydroxylation is 1.